The van der Waals surface area contributed by atoms with E-state index < -0.39 is 10.0 Å². The fourth-order valence-electron chi connectivity index (χ4n) is 2.67. The topological polar surface area (TPSA) is 84.5 Å². The lowest BCUT2D eigenvalue weighted by Crippen LogP contribution is -2.16. The highest BCUT2D eigenvalue weighted by Crippen LogP contribution is 2.26. The first-order chi connectivity index (χ1) is 14.2. The van der Waals surface area contributed by atoms with Crippen molar-refractivity contribution >= 4 is 38.9 Å². The third kappa shape index (κ3) is 5.52. The number of hydrogen-bond acceptors (Lipinski definition) is 4. The number of sulfonamides is 1. The van der Waals surface area contributed by atoms with Crippen molar-refractivity contribution in [2.75, 3.05) is 10.0 Å². The zero-order valence-electron chi connectivity index (χ0n) is 16.4. The Morgan fingerprint density at radius 3 is 2.37 bits per heavy atom. The molecule has 0 aliphatic carbocycles. The van der Waals surface area contributed by atoms with Gasteiger partial charge in [0.05, 0.1) is 16.7 Å². The van der Waals surface area contributed by atoms with E-state index in [4.69, 9.17) is 16.3 Å². The molecule has 0 unspecified atom stereocenters. The van der Waals surface area contributed by atoms with Crippen LogP contribution in [0, 0.1) is 0 Å². The summed E-state index contributed by atoms with van der Waals surface area (Å²) < 4.78 is 33.3. The fraction of sp³-hybridized carbons (Fsp3) is 0.136. The van der Waals surface area contributed by atoms with Crippen molar-refractivity contribution < 1.29 is 17.9 Å². The van der Waals surface area contributed by atoms with Gasteiger partial charge in [-0.05, 0) is 68.4 Å². The summed E-state index contributed by atoms with van der Waals surface area (Å²) in [6, 6.07) is 19.2. The van der Waals surface area contributed by atoms with Gasteiger partial charge in [-0.2, -0.15) is 0 Å². The standard InChI is InChI=1S/C22H21ClN2O4S/c1-15(2)29-21-9-4-3-8-20(21)24-22(26)16-6-5-7-18(14-16)25-30(27,28)19-12-10-17(23)11-13-19/h3-15,25H,1-2H3,(H,24,26). The molecule has 0 bridgehead atoms. The Hall–Kier alpha value is -3.03. The predicted molar refractivity (Wildman–Crippen MR) is 119 cm³/mol. The van der Waals surface area contributed by atoms with Crippen LogP contribution in [0.5, 0.6) is 5.75 Å². The number of carbonyl (C=O) groups excluding carboxylic acids is 1. The van der Waals surface area contributed by atoms with E-state index in [0.717, 1.165) is 0 Å². The van der Waals surface area contributed by atoms with Crippen molar-refractivity contribution in [3.05, 3.63) is 83.4 Å². The molecule has 3 aromatic rings. The first kappa shape index (κ1) is 21.7. The van der Waals surface area contributed by atoms with E-state index in [1.54, 1.807) is 36.4 Å². The summed E-state index contributed by atoms with van der Waals surface area (Å²) in [6.07, 6.45) is -0.0475. The lowest BCUT2D eigenvalue weighted by Gasteiger charge is -2.15. The van der Waals surface area contributed by atoms with Gasteiger partial charge in [-0.25, -0.2) is 8.42 Å². The van der Waals surface area contributed by atoms with Gasteiger partial charge < -0.3 is 10.1 Å². The van der Waals surface area contributed by atoms with Gasteiger partial charge in [0.15, 0.2) is 0 Å². The Kier molecular flexibility index (Phi) is 6.64. The number of hydrogen-bond donors (Lipinski definition) is 2. The Morgan fingerprint density at radius 1 is 0.967 bits per heavy atom. The molecule has 30 heavy (non-hydrogen) atoms. The van der Waals surface area contributed by atoms with E-state index in [-0.39, 0.29) is 22.6 Å². The third-order valence-corrected chi connectivity index (χ3v) is 5.65. The number of nitrogens with one attached hydrogen (secondary N) is 2. The number of benzene rings is 3. The molecule has 0 fully saturated rings. The molecule has 2 N–H and O–H groups in total. The second kappa shape index (κ2) is 9.19. The van der Waals surface area contributed by atoms with Crippen LogP contribution in [0.4, 0.5) is 11.4 Å². The van der Waals surface area contributed by atoms with Crippen molar-refractivity contribution in [2.45, 2.75) is 24.8 Å². The number of rotatable bonds is 7. The lowest BCUT2D eigenvalue weighted by atomic mass is 10.2. The molecule has 1 amide bonds. The molecule has 0 aliphatic rings. The largest absolute Gasteiger partial charge is 0.489 e. The lowest BCUT2D eigenvalue weighted by molar-refractivity contribution is 0.102. The van der Waals surface area contributed by atoms with Crippen molar-refractivity contribution in [3.8, 4) is 5.75 Å². The monoisotopic (exact) mass is 444 g/mol. The smallest absolute Gasteiger partial charge is 0.261 e. The number of halogens is 1. The molecule has 0 radical (unpaired) electrons. The Labute approximate surface area is 180 Å². The van der Waals surface area contributed by atoms with Gasteiger partial charge in [-0.1, -0.05) is 29.8 Å². The summed E-state index contributed by atoms with van der Waals surface area (Å²) in [4.78, 5) is 12.8. The summed E-state index contributed by atoms with van der Waals surface area (Å²) in [7, 11) is -3.81. The number of carbonyl (C=O) groups is 1. The molecule has 156 valence electrons. The zero-order chi connectivity index (χ0) is 21.7. The minimum absolute atomic E-state index is 0.0475. The summed E-state index contributed by atoms with van der Waals surface area (Å²) in [6.45, 7) is 3.80. The molecule has 3 aromatic carbocycles. The average Bonchev–Trinajstić information content (AvgIpc) is 2.69. The molecular formula is C22H21ClN2O4S. The van der Waals surface area contributed by atoms with Gasteiger partial charge in [-0.3, -0.25) is 9.52 Å². The first-order valence-electron chi connectivity index (χ1n) is 9.20. The predicted octanol–water partition coefficient (Wildman–Crippen LogP) is 5.18. The van der Waals surface area contributed by atoms with Crippen LogP contribution in [-0.4, -0.2) is 20.4 Å². The Bertz CT molecular complexity index is 1150. The molecule has 0 heterocycles. The fourth-order valence-corrected chi connectivity index (χ4v) is 3.85. The second-order valence-electron chi connectivity index (χ2n) is 6.76. The summed E-state index contributed by atoms with van der Waals surface area (Å²) >= 11 is 5.81. The highest BCUT2D eigenvalue weighted by atomic mass is 35.5. The van der Waals surface area contributed by atoms with Crippen LogP contribution in [0.2, 0.25) is 5.02 Å². The van der Waals surface area contributed by atoms with E-state index in [2.05, 4.69) is 10.0 Å². The molecule has 6 nitrogen and oxygen atoms in total. The molecule has 0 spiro atoms. The minimum Gasteiger partial charge on any atom is -0.489 e. The molecule has 0 aliphatic heterocycles. The first-order valence-corrected chi connectivity index (χ1v) is 11.1. The number of ether oxygens (including phenoxy) is 1. The number of para-hydroxylation sites is 2. The molecule has 8 heteroatoms. The Morgan fingerprint density at radius 2 is 1.67 bits per heavy atom. The highest BCUT2D eigenvalue weighted by molar-refractivity contribution is 7.92. The molecule has 0 saturated carbocycles. The molecule has 3 rings (SSSR count). The minimum atomic E-state index is -3.81. The van der Waals surface area contributed by atoms with E-state index in [0.29, 0.717) is 22.0 Å². The summed E-state index contributed by atoms with van der Waals surface area (Å²) in [5.74, 6) is 0.169. The van der Waals surface area contributed by atoms with Crippen LogP contribution in [0.1, 0.15) is 24.2 Å². The molecule has 0 atom stereocenters. The summed E-state index contributed by atoms with van der Waals surface area (Å²) in [5.41, 5.74) is 1.10. The van der Waals surface area contributed by atoms with Gasteiger partial charge in [0.25, 0.3) is 15.9 Å². The molecule has 0 aromatic heterocycles. The van der Waals surface area contributed by atoms with Crippen LogP contribution >= 0.6 is 11.6 Å². The van der Waals surface area contributed by atoms with Gasteiger partial charge in [0, 0.05) is 16.3 Å². The van der Waals surface area contributed by atoms with Gasteiger partial charge in [-0.15, -0.1) is 0 Å². The Balaban J connectivity index is 1.79. The third-order valence-electron chi connectivity index (χ3n) is 4.00. The normalized spacial score (nSPS) is 11.2. The van der Waals surface area contributed by atoms with Crippen molar-refractivity contribution in [3.63, 3.8) is 0 Å². The van der Waals surface area contributed by atoms with Gasteiger partial charge in [0.1, 0.15) is 5.75 Å². The maximum atomic E-state index is 12.7. The second-order valence-corrected chi connectivity index (χ2v) is 8.88. The van der Waals surface area contributed by atoms with Crippen molar-refractivity contribution in [1.29, 1.82) is 0 Å². The van der Waals surface area contributed by atoms with Crippen molar-refractivity contribution in [1.82, 2.24) is 0 Å². The average molecular weight is 445 g/mol. The van der Waals surface area contributed by atoms with Crippen molar-refractivity contribution in [2.24, 2.45) is 0 Å². The SMILES string of the molecule is CC(C)Oc1ccccc1NC(=O)c1cccc(NS(=O)(=O)c2ccc(Cl)cc2)c1. The highest BCUT2D eigenvalue weighted by Gasteiger charge is 2.16. The van der Waals surface area contributed by atoms with E-state index in [9.17, 15) is 13.2 Å². The van der Waals surface area contributed by atoms with Crippen LogP contribution in [0.3, 0.4) is 0 Å². The van der Waals surface area contributed by atoms with E-state index in [1.165, 1.54) is 30.3 Å². The van der Waals surface area contributed by atoms with Crippen LogP contribution < -0.4 is 14.8 Å². The molecule has 0 saturated heterocycles. The van der Waals surface area contributed by atoms with Gasteiger partial charge in [0.2, 0.25) is 0 Å². The number of amides is 1. The van der Waals surface area contributed by atoms with Crippen LogP contribution in [0.15, 0.2) is 77.7 Å². The maximum Gasteiger partial charge on any atom is 0.261 e. The zero-order valence-corrected chi connectivity index (χ0v) is 18.0. The molecular weight excluding hydrogens is 424 g/mol. The van der Waals surface area contributed by atoms with Crippen LogP contribution in [-0.2, 0) is 10.0 Å². The van der Waals surface area contributed by atoms with Gasteiger partial charge >= 0.3 is 0 Å². The maximum absolute atomic E-state index is 12.7. The number of anilines is 2. The van der Waals surface area contributed by atoms with Crippen LogP contribution in [0.25, 0.3) is 0 Å². The van der Waals surface area contributed by atoms with E-state index >= 15 is 0 Å². The quantitative estimate of drug-likeness (QED) is 0.525. The summed E-state index contributed by atoms with van der Waals surface area (Å²) in [5, 5.41) is 3.24. The van der Waals surface area contributed by atoms with E-state index in [1.807, 2.05) is 19.9 Å².